The summed E-state index contributed by atoms with van der Waals surface area (Å²) in [5.41, 5.74) is 6.13. The molecule has 5 nitrogen and oxygen atoms in total. The van der Waals surface area contributed by atoms with Gasteiger partial charge in [0.2, 0.25) is 0 Å². The lowest BCUT2D eigenvalue weighted by molar-refractivity contribution is -0.149. The molecule has 0 aliphatic carbocycles. The lowest BCUT2D eigenvalue weighted by Crippen LogP contribution is -2.46. The van der Waals surface area contributed by atoms with E-state index < -0.39 is 5.54 Å². The van der Waals surface area contributed by atoms with Gasteiger partial charge in [-0.2, -0.15) is 5.10 Å². The van der Waals surface area contributed by atoms with E-state index >= 15 is 0 Å². The van der Waals surface area contributed by atoms with Crippen LogP contribution in [0, 0.1) is 6.92 Å². The smallest absolute Gasteiger partial charge is 0.325 e. The molecule has 0 saturated carbocycles. The number of nitrogens with zero attached hydrogens (tertiary/aromatic N) is 2. The highest BCUT2D eigenvalue weighted by molar-refractivity contribution is 7.99. The first-order valence-corrected chi connectivity index (χ1v) is 7.95. The zero-order chi connectivity index (χ0) is 15.2. The molecular formula is C14H25N3O2S. The zero-order valence-electron chi connectivity index (χ0n) is 12.8. The Morgan fingerprint density at radius 3 is 2.80 bits per heavy atom. The molecule has 0 radical (unpaired) electrons. The summed E-state index contributed by atoms with van der Waals surface area (Å²) in [6, 6.07) is 2.08. The van der Waals surface area contributed by atoms with E-state index in [1.807, 2.05) is 18.7 Å². The van der Waals surface area contributed by atoms with Gasteiger partial charge >= 0.3 is 5.97 Å². The van der Waals surface area contributed by atoms with Crippen LogP contribution < -0.4 is 5.73 Å². The Balaban J connectivity index is 2.25. The van der Waals surface area contributed by atoms with Gasteiger partial charge in [0.05, 0.1) is 17.3 Å². The monoisotopic (exact) mass is 299 g/mol. The topological polar surface area (TPSA) is 70.1 Å². The van der Waals surface area contributed by atoms with E-state index in [9.17, 15) is 4.79 Å². The van der Waals surface area contributed by atoms with Crippen LogP contribution in [0.25, 0.3) is 0 Å². The van der Waals surface area contributed by atoms with Gasteiger partial charge < -0.3 is 10.5 Å². The first-order valence-electron chi connectivity index (χ1n) is 6.96. The number of ether oxygens (including phenoxy) is 1. The highest BCUT2D eigenvalue weighted by Crippen LogP contribution is 2.21. The van der Waals surface area contributed by atoms with Gasteiger partial charge in [-0.15, -0.1) is 11.8 Å². The van der Waals surface area contributed by atoms with Gasteiger partial charge in [-0.1, -0.05) is 6.42 Å². The predicted octanol–water partition coefficient (Wildman–Crippen LogP) is 2.27. The summed E-state index contributed by atoms with van der Waals surface area (Å²) in [5.74, 6) is 0.688. The molecule has 0 spiro atoms. The molecular weight excluding hydrogens is 274 g/mol. The lowest BCUT2D eigenvalue weighted by atomic mass is 9.96. The van der Waals surface area contributed by atoms with Crippen molar-refractivity contribution in [1.29, 1.82) is 0 Å². The third kappa shape index (κ3) is 5.17. The highest BCUT2D eigenvalue weighted by atomic mass is 32.2. The first kappa shape index (κ1) is 17.0. The minimum Gasteiger partial charge on any atom is -0.465 e. The molecule has 0 aliphatic heterocycles. The number of hydrogen-bond acceptors (Lipinski definition) is 5. The Hall–Kier alpha value is -1.01. The van der Waals surface area contributed by atoms with Crippen LogP contribution in [-0.4, -0.2) is 33.6 Å². The minimum absolute atomic E-state index is 0.310. The van der Waals surface area contributed by atoms with Crippen LogP contribution in [-0.2, 0) is 16.6 Å². The maximum atomic E-state index is 11.6. The van der Waals surface area contributed by atoms with Crippen molar-refractivity contribution in [3.8, 4) is 0 Å². The van der Waals surface area contributed by atoms with E-state index in [4.69, 9.17) is 10.5 Å². The van der Waals surface area contributed by atoms with Crippen molar-refractivity contribution in [3.63, 3.8) is 0 Å². The Bertz CT molecular complexity index is 444. The number of thioether (sulfide) groups is 1. The van der Waals surface area contributed by atoms with E-state index in [2.05, 4.69) is 11.2 Å². The van der Waals surface area contributed by atoms with Gasteiger partial charge in [0.15, 0.2) is 0 Å². The fourth-order valence-corrected chi connectivity index (χ4v) is 2.93. The standard InChI is InChI=1S/C14H25N3O2S/c1-5-19-13(18)14(3,15)8-6-7-9-20-12-10-11(2)16-17(12)4/h10H,5-9,15H2,1-4H3. The molecule has 0 saturated heterocycles. The summed E-state index contributed by atoms with van der Waals surface area (Å²) in [5, 5.41) is 5.48. The minimum atomic E-state index is -0.871. The molecule has 0 aromatic carbocycles. The number of esters is 1. The van der Waals surface area contributed by atoms with Crippen molar-refractivity contribution < 1.29 is 9.53 Å². The van der Waals surface area contributed by atoms with E-state index in [1.165, 1.54) is 5.03 Å². The van der Waals surface area contributed by atoms with Gasteiger partial charge in [-0.25, -0.2) is 0 Å². The molecule has 0 bridgehead atoms. The van der Waals surface area contributed by atoms with Gasteiger partial charge in [0.25, 0.3) is 0 Å². The molecule has 0 aliphatic rings. The third-order valence-electron chi connectivity index (χ3n) is 3.04. The summed E-state index contributed by atoms with van der Waals surface area (Å²) in [4.78, 5) is 11.6. The Morgan fingerprint density at radius 1 is 1.55 bits per heavy atom. The summed E-state index contributed by atoms with van der Waals surface area (Å²) >= 11 is 1.78. The summed E-state index contributed by atoms with van der Waals surface area (Å²) in [7, 11) is 1.95. The van der Waals surface area contributed by atoms with Crippen LogP contribution in [0.4, 0.5) is 0 Å². The fraction of sp³-hybridized carbons (Fsp3) is 0.714. The second-order valence-corrected chi connectivity index (χ2v) is 6.31. The number of carbonyl (C=O) groups is 1. The fourth-order valence-electron chi connectivity index (χ4n) is 1.89. The number of aryl methyl sites for hydroxylation is 2. The van der Waals surface area contributed by atoms with Crippen molar-refractivity contribution in [2.75, 3.05) is 12.4 Å². The molecule has 1 heterocycles. The maximum Gasteiger partial charge on any atom is 0.325 e. The van der Waals surface area contributed by atoms with Crippen LogP contribution in [0.2, 0.25) is 0 Å². The molecule has 2 N–H and O–H groups in total. The van der Waals surface area contributed by atoms with Crippen LogP contribution in [0.3, 0.4) is 0 Å². The summed E-state index contributed by atoms with van der Waals surface area (Å²) in [6.07, 6.45) is 2.58. The SMILES string of the molecule is CCOC(=O)C(C)(N)CCCCSc1cc(C)nn1C. The number of aromatic nitrogens is 2. The molecule has 1 aromatic rings. The summed E-state index contributed by atoms with van der Waals surface area (Å²) < 4.78 is 6.87. The van der Waals surface area contributed by atoms with Crippen LogP contribution in [0.15, 0.2) is 11.1 Å². The third-order valence-corrected chi connectivity index (χ3v) is 4.21. The van der Waals surface area contributed by atoms with Crippen molar-refractivity contribution in [3.05, 3.63) is 11.8 Å². The first-order chi connectivity index (χ1) is 9.36. The van der Waals surface area contributed by atoms with Crippen LogP contribution in [0.1, 0.15) is 38.8 Å². The normalized spacial score (nSPS) is 14.1. The number of carbonyl (C=O) groups excluding carboxylic acids is 1. The molecule has 0 fully saturated rings. The maximum absolute atomic E-state index is 11.6. The second-order valence-electron chi connectivity index (χ2n) is 5.19. The molecule has 1 atom stereocenters. The number of rotatable bonds is 8. The quantitative estimate of drug-likeness (QED) is 0.453. The Labute approximate surface area is 125 Å². The molecule has 114 valence electrons. The molecule has 1 rings (SSSR count). The average molecular weight is 299 g/mol. The van der Waals surface area contributed by atoms with E-state index in [-0.39, 0.29) is 5.97 Å². The van der Waals surface area contributed by atoms with Crippen LogP contribution in [0.5, 0.6) is 0 Å². The number of unbranched alkanes of at least 4 members (excludes halogenated alkanes) is 1. The van der Waals surface area contributed by atoms with Gasteiger partial charge in [0, 0.05) is 7.05 Å². The number of nitrogens with two attached hydrogens (primary N) is 1. The number of hydrogen-bond donors (Lipinski definition) is 1. The van der Waals surface area contributed by atoms with Crippen molar-refractivity contribution in [2.45, 2.75) is 50.6 Å². The van der Waals surface area contributed by atoms with Gasteiger partial charge in [-0.3, -0.25) is 9.48 Å². The molecule has 1 unspecified atom stereocenters. The zero-order valence-corrected chi connectivity index (χ0v) is 13.6. The largest absolute Gasteiger partial charge is 0.465 e. The molecule has 1 aromatic heterocycles. The van der Waals surface area contributed by atoms with E-state index in [1.54, 1.807) is 25.6 Å². The summed E-state index contributed by atoms with van der Waals surface area (Å²) in [6.45, 7) is 5.90. The van der Waals surface area contributed by atoms with Gasteiger partial charge in [-0.05, 0) is 45.4 Å². The predicted molar refractivity (Wildman–Crippen MR) is 81.7 cm³/mol. The molecule has 20 heavy (non-hydrogen) atoms. The lowest BCUT2D eigenvalue weighted by Gasteiger charge is -2.21. The van der Waals surface area contributed by atoms with E-state index in [0.717, 1.165) is 24.3 Å². The van der Waals surface area contributed by atoms with Crippen molar-refractivity contribution >= 4 is 17.7 Å². The average Bonchev–Trinajstić information content (AvgIpc) is 2.67. The Kier molecular flexibility index (Phi) is 6.55. The second kappa shape index (κ2) is 7.69. The van der Waals surface area contributed by atoms with Crippen LogP contribution >= 0.6 is 11.8 Å². The van der Waals surface area contributed by atoms with Gasteiger partial charge in [0.1, 0.15) is 5.54 Å². The van der Waals surface area contributed by atoms with Crippen molar-refractivity contribution in [2.24, 2.45) is 12.8 Å². The van der Waals surface area contributed by atoms with Crippen molar-refractivity contribution in [1.82, 2.24) is 9.78 Å². The van der Waals surface area contributed by atoms with E-state index in [0.29, 0.717) is 13.0 Å². The molecule has 0 amide bonds. The highest BCUT2D eigenvalue weighted by Gasteiger charge is 2.28. The Morgan fingerprint density at radius 2 is 2.25 bits per heavy atom. The molecule has 6 heteroatoms.